The van der Waals surface area contributed by atoms with Gasteiger partial charge < -0.3 is 4.42 Å². The summed E-state index contributed by atoms with van der Waals surface area (Å²) in [6.07, 6.45) is 5.76. The number of anilines is 1. The van der Waals surface area contributed by atoms with E-state index < -0.39 is 21.2 Å². The number of thioether (sulfide) groups is 1. The maximum Gasteiger partial charge on any atom is 0.290 e. The Bertz CT molecular complexity index is 1380. The fourth-order valence-electron chi connectivity index (χ4n) is 2.67. The molecule has 1 aromatic carbocycles. The van der Waals surface area contributed by atoms with Gasteiger partial charge in [0.15, 0.2) is 5.58 Å². The van der Waals surface area contributed by atoms with Crippen molar-refractivity contribution >= 4 is 55.7 Å². The molecule has 0 saturated carbocycles. The summed E-state index contributed by atoms with van der Waals surface area (Å²) in [4.78, 5) is 27.4. The lowest BCUT2D eigenvalue weighted by atomic mass is 10.2. The summed E-state index contributed by atoms with van der Waals surface area (Å²) in [7, 11) is -3.34. The van der Waals surface area contributed by atoms with Gasteiger partial charge in [0.1, 0.15) is 5.76 Å². The number of amides is 2. The fourth-order valence-corrected chi connectivity index (χ4v) is 3.89. The third-order valence-electron chi connectivity index (χ3n) is 3.89. The molecule has 8 nitrogen and oxygen atoms in total. The Hall–Kier alpha value is -3.55. The van der Waals surface area contributed by atoms with Crippen LogP contribution < -0.4 is 10.0 Å². The van der Waals surface area contributed by atoms with E-state index in [9.17, 15) is 18.0 Å². The fraction of sp³-hybridized carbons (Fsp3) is 0.0500. The Kier molecular flexibility index (Phi) is 5.07. The molecular weight excluding hydrogens is 426 g/mol. The monoisotopic (exact) mass is 439 g/mol. The van der Waals surface area contributed by atoms with Crippen LogP contribution in [0.4, 0.5) is 10.5 Å². The molecule has 1 aliphatic rings. The van der Waals surface area contributed by atoms with E-state index in [1.165, 1.54) is 6.08 Å². The first-order valence-electron chi connectivity index (χ1n) is 8.49. The van der Waals surface area contributed by atoms with Crippen LogP contribution >= 0.6 is 11.8 Å². The molecule has 2 aromatic heterocycles. The molecule has 0 atom stereocenters. The van der Waals surface area contributed by atoms with Gasteiger partial charge in [-0.15, -0.1) is 0 Å². The lowest BCUT2D eigenvalue weighted by Crippen LogP contribution is -2.17. The van der Waals surface area contributed by atoms with Crippen LogP contribution in [0.15, 0.2) is 52.0 Å². The van der Waals surface area contributed by atoms with Crippen LogP contribution in [0.2, 0.25) is 0 Å². The molecule has 30 heavy (non-hydrogen) atoms. The maximum atomic E-state index is 11.7. The van der Waals surface area contributed by atoms with Crippen LogP contribution in [0, 0.1) is 11.8 Å². The number of rotatable bonds is 3. The highest BCUT2D eigenvalue weighted by molar-refractivity contribution is 8.18. The first kappa shape index (κ1) is 19.8. The summed E-state index contributed by atoms with van der Waals surface area (Å²) in [6, 6.07) is 8.33. The number of pyridine rings is 1. The molecule has 0 radical (unpaired) electrons. The van der Waals surface area contributed by atoms with E-state index in [1.54, 1.807) is 42.7 Å². The highest BCUT2D eigenvalue weighted by Gasteiger charge is 2.25. The van der Waals surface area contributed by atoms with Crippen molar-refractivity contribution in [3.8, 4) is 11.8 Å². The maximum absolute atomic E-state index is 11.7. The summed E-state index contributed by atoms with van der Waals surface area (Å²) < 4.78 is 30.7. The summed E-state index contributed by atoms with van der Waals surface area (Å²) in [5.41, 5.74) is 2.19. The Morgan fingerprint density at radius 2 is 1.93 bits per heavy atom. The van der Waals surface area contributed by atoms with Crippen LogP contribution in [0.1, 0.15) is 16.9 Å². The molecule has 10 heteroatoms. The van der Waals surface area contributed by atoms with Gasteiger partial charge in [0, 0.05) is 35.1 Å². The van der Waals surface area contributed by atoms with Crippen molar-refractivity contribution in [1.82, 2.24) is 10.3 Å². The van der Waals surface area contributed by atoms with Gasteiger partial charge in [-0.2, -0.15) is 0 Å². The minimum Gasteiger partial charge on any atom is -0.455 e. The Balaban J connectivity index is 1.62. The molecule has 1 fully saturated rings. The summed E-state index contributed by atoms with van der Waals surface area (Å²) in [5, 5.41) is 2.47. The highest BCUT2D eigenvalue weighted by atomic mass is 32.2. The van der Waals surface area contributed by atoms with Crippen molar-refractivity contribution in [1.29, 1.82) is 0 Å². The second-order valence-electron chi connectivity index (χ2n) is 6.31. The van der Waals surface area contributed by atoms with Crippen molar-refractivity contribution in [3.05, 3.63) is 64.5 Å². The number of hydrogen-bond acceptors (Lipinski definition) is 7. The van der Waals surface area contributed by atoms with Crippen molar-refractivity contribution in [2.24, 2.45) is 0 Å². The van der Waals surface area contributed by atoms with Crippen molar-refractivity contribution in [3.63, 3.8) is 0 Å². The molecule has 0 bridgehead atoms. The number of carbonyl (C=O) groups excluding carboxylic acids is 2. The van der Waals surface area contributed by atoms with Crippen molar-refractivity contribution in [2.45, 2.75) is 0 Å². The topological polar surface area (TPSA) is 118 Å². The first-order valence-corrected chi connectivity index (χ1v) is 11.2. The second-order valence-corrected chi connectivity index (χ2v) is 9.07. The van der Waals surface area contributed by atoms with E-state index in [0.29, 0.717) is 33.5 Å². The number of furan rings is 1. The number of nitrogens with one attached hydrogen (secondary N) is 2. The molecule has 1 aliphatic heterocycles. The number of imide groups is 1. The number of carbonyl (C=O) groups is 2. The number of aromatic nitrogens is 1. The zero-order valence-corrected chi connectivity index (χ0v) is 17.1. The van der Waals surface area contributed by atoms with Gasteiger partial charge in [-0.1, -0.05) is 11.8 Å². The number of benzene rings is 1. The molecule has 4 rings (SSSR count). The van der Waals surface area contributed by atoms with E-state index in [4.69, 9.17) is 4.42 Å². The Morgan fingerprint density at radius 3 is 2.60 bits per heavy atom. The van der Waals surface area contributed by atoms with Crippen LogP contribution in [-0.4, -0.2) is 30.8 Å². The van der Waals surface area contributed by atoms with Gasteiger partial charge in [-0.3, -0.25) is 24.6 Å². The van der Waals surface area contributed by atoms with E-state index in [-0.39, 0.29) is 4.91 Å². The van der Waals surface area contributed by atoms with Gasteiger partial charge in [-0.25, -0.2) is 8.42 Å². The average Bonchev–Trinajstić information content (AvgIpc) is 3.22. The first-order chi connectivity index (χ1) is 14.3. The molecular formula is C20H13N3O5S2. The van der Waals surface area contributed by atoms with Crippen LogP contribution in [0.3, 0.4) is 0 Å². The predicted octanol–water partition coefficient (Wildman–Crippen LogP) is 2.92. The third-order valence-corrected chi connectivity index (χ3v) is 5.30. The lowest BCUT2D eigenvalue weighted by molar-refractivity contribution is -0.115. The molecule has 2 amide bonds. The second kappa shape index (κ2) is 7.70. The smallest absolute Gasteiger partial charge is 0.290 e. The Morgan fingerprint density at radius 1 is 1.17 bits per heavy atom. The van der Waals surface area contributed by atoms with E-state index in [1.807, 2.05) is 0 Å². The Labute approximate surface area is 175 Å². The van der Waals surface area contributed by atoms with Gasteiger partial charge in [0.2, 0.25) is 10.0 Å². The zero-order valence-electron chi connectivity index (χ0n) is 15.4. The van der Waals surface area contributed by atoms with Crippen LogP contribution in [0.5, 0.6) is 0 Å². The predicted molar refractivity (Wildman–Crippen MR) is 114 cm³/mol. The number of nitrogens with zero attached hydrogens (tertiary/aromatic N) is 1. The molecule has 2 N–H and O–H groups in total. The van der Waals surface area contributed by atoms with Gasteiger partial charge in [0.05, 0.1) is 16.7 Å². The average molecular weight is 439 g/mol. The molecule has 0 aliphatic carbocycles. The minimum absolute atomic E-state index is 0.252. The van der Waals surface area contributed by atoms with Crippen LogP contribution in [-0.2, 0) is 14.8 Å². The summed E-state index contributed by atoms with van der Waals surface area (Å²) in [5.74, 6) is 5.92. The number of fused-ring (bicyclic) bond motifs is 1. The minimum atomic E-state index is -3.34. The highest BCUT2D eigenvalue weighted by Crippen LogP contribution is 2.28. The van der Waals surface area contributed by atoms with E-state index in [0.717, 1.165) is 18.0 Å². The summed E-state index contributed by atoms with van der Waals surface area (Å²) >= 11 is 0.810. The summed E-state index contributed by atoms with van der Waals surface area (Å²) in [6.45, 7) is 0. The molecule has 0 spiro atoms. The molecule has 0 unspecified atom stereocenters. The molecule has 3 heterocycles. The zero-order chi connectivity index (χ0) is 21.3. The lowest BCUT2D eigenvalue weighted by Gasteiger charge is -2.02. The van der Waals surface area contributed by atoms with E-state index in [2.05, 4.69) is 26.9 Å². The number of sulfonamides is 1. The van der Waals surface area contributed by atoms with Crippen LogP contribution in [0.25, 0.3) is 17.0 Å². The van der Waals surface area contributed by atoms with E-state index >= 15 is 0 Å². The largest absolute Gasteiger partial charge is 0.455 e. The quantitative estimate of drug-likeness (QED) is 0.476. The molecule has 150 valence electrons. The third kappa shape index (κ3) is 4.53. The van der Waals surface area contributed by atoms with Gasteiger partial charge in [0.25, 0.3) is 11.1 Å². The number of hydrogen-bond donors (Lipinski definition) is 2. The van der Waals surface area contributed by atoms with Gasteiger partial charge >= 0.3 is 0 Å². The van der Waals surface area contributed by atoms with Crippen molar-refractivity contribution < 1.29 is 22.4 Å². The van der Waals surface area contributed by atoms with Crippen molar-refractivity contribution in [2.75, 3.05) is 11.0 Å². The SMILES string of the molecule is CS(=O)(=O)Nc1ccc(C#Cc2cncc3cc(C=C4SC(=O)NC4=O)oc23)cc1. The molecule has 3 aromatic rings. The van der Waals surface area contributed by atoms with Gasteiger partial charge in [-0.05, 0) is 42.1 Å². The molecule has 1 saturated heterocycles. The standard InChI is InChI=1S/C20H13N3O5S2/c1-30(26,27)23-15-6-3-12(4-7-15)2-5-13-10-21-11-14-8-16(28-18(13)14)9-17-19(24)22-20(25)29-17/h3-4,6-11,23H,1H3,(H,22,24,25). The normalized spacial score (nSPS) is 15.2.